The Kier molecular flexibility index (Phi) is 3.95. The average molecular weight is 330 g/mol. The van der Waals surface area contributed by atoms with Crippen LogP contribution in [0, 0.1) is 0 Å². The summed E-state index contributed by atoms with van der Waals surface area (Å²) in [6.45, 7) is 0.714. The molecule has 1 aliphatic carbocycles. The van der Waals surface area contributed by atoms with Crippen molar-refractivity contribution in [1.82, 2.24) is 0 Å². The van der Waals surface area contributed by atoms with Gasteiger partial charge in [0.05, 0.1) is 0 Å². The van der Waals surface area contributed by atoms with Crippen molar-refractivity contribution in [1.29, 1.82) is 0 Å². The van der Waals surface area contributed by atoms with Gasteiger partial charge in [0.15, 0.2) is 0 Å². The lowest BCUT2D eigenvalue weighted by molar-refractivity contribution is 0.365. The van der Waals surface area contributed by atoms with Gasteiger partial charge in [0.25, 0.3) is 0 Å². The van der Waals surface area contributed by atoms with Crippen LogP contribution in [0.25, 0.3) is 0 Å². The predicted molar refractivity (Wildman–Crippen MR) is 88.0 cm³/mol. The standard InChI is InChI=1S/C18H20BrN/c19-17-10-4-2-7-15(17)12-18(13-20)11-5-8-14-6-1-3-9-16(14)18/h1-4,6-7,9-10H,5,8,11-13,20H2. The summed E-state index contributed by atoms with van der Waals surface area (Å²) in [5.41, 5.74) is 10.6. The van der Waals surface area contributed by atoms with E-state index < -0.39 is 0 Å². The Morgan fingerprint density at radius 2 is 1.80 bits per heavy atom. The van der Waals surface area contributed by atoms with E-state index in [1.165, 1.54) is 40.4 Å². The maximum absolute atomic E-state index is 6.24. The lowest BCUT2D eigenvalue weighted by Gasteiger charge is -2.39. The van der Waals surface area contributed by atoms with Crippen LogP contribution in [-0.2, 0) is 18.3 Å². The van der Waals surface area contributed by atoms with E-state index >= 15 is 0 Å². The Hall–Kier alpha value is -1.12. The first-order chi connectivity index (χ1) is 9.75. The van der Waals surface area contributed by atoms with Crippen molar-refractivity contribution in [2.45, 2.75) is 31.1 Å². The number of halogens is 1. The molecule has 104 valence electrons. The quantitative estimate of drug-likeness (QED) is 0.896. The highest BCUT2D eigenvalue weighted by atomic mass is 79.9. The molecule has 0 aliphatic heterocycles. The molecule has 0 radical (unpaired) electrons. The lowest BCUT2D eigenvalue weighted by Crippen LogP contribution is -2.40. The van der Waals surface area contributed by atoms with E-state index in [0.717, 1.165) is 6.42 Å². The molecule has 0 heterocycles. The number of rotatable bonds is 3. The van der Waals surface area contributed by atoms with E-state index in [1.54, 1.807) is 0 Å². The Labute approximate surface area is 129 Å². The third kappa shape index (κ3) is 2.43. The summed E-state index contributed by atoms with van der Waals surface area (Å²) < 4.78 is 1.19. The molecule has 3 rings (SSSR count). The van der Waals surface area contributed by atoms with Gasteiger partial charge in [-0.05, 0) is 48.4 Å². The van der Waals surface area contributed by atoms with Crippen molar-refractivity contribution >= 4 is 15.9 Å². The van der Waals surface area contributed by atoms with Crippen LogP contribution in [0.4, 0.5) is 0 Å². The number of hydrogen-bond donors (Lipinski definition) is 1. The molecule has 0 amide bonds. The van der Waals surface area contributed by atoms with Crippen LogP contribution in [0.5, 0.6) is 0 Å². The topological polar surface area (TPSA) is 26.0 Å². The van der Waals surface area contributed by atoms with Crippen LogP contribution in [-0.4, -0.2) is 6.54 Å². The van der Waals surface area contributed by atoms with Crippen molar-refractivity contribution in [3.63, 3.8) is 0 Å². The normalized spacial score (nSPS) is 21.5. The smallest absolute Gasteiger partial charge is 0.0207 e. The SMILES string of the molecule is NCC1(Cc2ccccc2Br)CCCc2ccccc21. The molecule has 1 atom stereocenters. The summed E-state index contributed by atoms with van der Waals surface area (Å²) >= 11 is 3.68. The molecular weight excluding hydrogens is 310 g/mol. The van der Waals surface area contributed by atoms with Crippen LogP contribution in [0.1, 0.15) is 29.5 Å². The molecular formula is C18H20BrN. The van der Waals surface area contributed by atoms with E-state index in [-0.39, 0.29) is 5.41 Å². The van der Waals surface area contributed by atoms with Crippen LogP contribution in [0.15, 0.2) is 53.0 Å². The Morgan fingerprint density at radius 1 is 1.05 bits per heavy atom. The van der Waals surface area contributed by atoms with Crippen LogP contribution in [0.2, 0.25) is 0 Å². The van der Waals surface area contributed by atoms with Crippen molar-refractivity contribution < 1.29 is 0 Å². The predicted octanol–water partition coefficient (Wildman–Crippen LogP) is 4.22. The monoisotopic (exact) mass is 329 g/mol. The van der Waals surface area contributed by atoms with Gasteiger partial charge in [-0.15, -0.1) is 0 Å². The molecule has 1 aliphatic rings. The molecule has 20 heavy (non-hydrogen) atoms. The average Bonchev–Trinajstić information content (AvgIpc) is 2.50. The largest absolute Gasteiger partial charge is 0.330 e. The fourth-order valence-electron chi connectivity index (χ4n) is 3.48. The molecule has 0 fully saturated rings. The minimum atomic E-state index is 0.0959. The first-order valence-corrected chi connectivity index (χ1v) is 8.06. The molecule has 1 unspecified atom stereocenters. The number of aryl methyl sites for hydroxylation is 1. The van der Waals surface area contributed by atoms with E-state index in [1.807, 2.05) is 0 Å². The molecule has 2 aromatic rings. The minimum Gasteiger partial charge on any atom is -0.330 e. The zero-order valence-electron chi connectivity index (χ0n) is 11.6. The second-order valence-corrected chi connectivity index (χ2v) is 6.62. The number of benzene rings is 2. The first kappa shape index (κ1) is 13.8. The summed E-state index contributed by atoms with van der Waals surface area (Å²) in [5.74, 6) is 0. The van der Waals surface area contributed by atoms with Gasteiger partial charge in [-0.1, -0.05) is 58.4 Å². The molecule has 2 N–H and O–H groups in total. The zero-order valence-corrected chi connectivity index (χ0v) is 13.2. The third-order valence-corrected chi connectivity index (χ3v) is 5.34. The van der Waals surface area contributed by atoms with Crippen LogP contribution >= 0.6 is 15.9 Å². The van der Waals surface area contributed by atoms with Crippen LogP contribution < -0.4 is 5.73 Å². The summed E-state index contributed by atoms with van der Waals surface area (Å²) in [4.78, 5) is 0. The van der Waals surface area contributed by atoms with Gasteiger partial charge in [-0.2, -0.15) is 0 Å². The van der Waals surface area contributed by atoms with Crippen molar-refractivity contribution in [3.05, 3.63) is 69.7 Å². The highest BCUT2D eigenvalue weighted by Crippen LogP contribution is 2.40. The molecule has 0 bridgehead atoms. The van der Waals surface area contributed by atoms with Crippen molar-refractivity contribution in [2.75, 3.05) is 6.54 Å². The molecule has 2 aromatic carbocycles. The highest BCUT2D eigenvalue weighted by molar-refractivity contribution is 9.10. The van der Waals surface area contributed by atoms with E-state index in [2.05, 4.69) is 64.5 Å². The van der Waals surface area contributed by atoms with Gasteiger partial charge >= 0.3 is 0 Å². The fourth-order valence-corrected chi connectivity index (χ4v) is 3.91. The van der Waals surface area contributed by atoms with Crippen molar-refractivity contribution in [3.8, 4) is 0 Å². The fraction of sp³-hybridized carbons (Fsp3) is 0.333. The Morgan fingerprint density at radius 3 is 2.60 bits per heavy atom. The maximum Gasteiger partial charge on any atom is 0.0207 e. The first-order valence-electron chi connectivity index (χ1n) is 7.27. The van der Waals surface area contributed by atoms with E-state index in [4.69, 9.17) is 5.73 Å². The zero-order chi connectivity index (χ0) is 14.0. The Balaban J connectivity index is 2.03. The highest BCUT2D eigenvalue weighted by Gasteiger charge is 2.35. The van der Waals surface area contributed by atoms with Crippen molar-refractivity contribution in [2.24, 2.45) is 5.73 Å². The Bertz CT molecular complexity index is 608. The van der Waals surface area contributed by atoms with E-state index in [9.17, 15) is 0 Å². The van der Waals surface area contributed by atoms with Gasteiger partial charge in [0, 0.05) is 16.4 Å². The second kappa shape index (κ2) is 5.71. The molecule has 0 spiro atoms. The maximum atomic E-state index is 6.24. The number of hydrogen-bond acceptors (Lipinski definition) is 1. The minimum absolute atomic E-state index is 0.0959. The molecule has 0 saturated carbocycles. The van der Waals surface area contributed by atoms with Gasteiger partial charge < -0.3 is 5.73 Å². The summed E-state index contributed by atoms with van der Waals surface area (Å²) in [7, 11) is 0. The summed E-state index contributed by atoms with van der Waals surface area (Å²) in [6, 6.07) is 17.3. The van der Waals surface area contributed by atoms with Crippen LogP contribution in [0.3, 0.4) is 0 Å². The third-order valence-electron chi connectivity index (χ3n) is 4.57. The molecule has 2 heteroatoms. The summed E-state index contributed by atoms with van der Waals surface area (Å²) in [6.07, 6.45) is 4.62. The second-order valence-electron chi connectivity index (χ2n) is 5.76. The molecule has 0 aromatic heterocycles. The number of nitrogens with two attached hydrogens (primary N) is 1. The molecule has 1 nitrogen and oxygen atoms in total. The number of fused-ring (bicyclic) bond motifs is 1. The van der Waals surface area contributed by atoms with Gasteiger partial charge in [-0.3, -0.25) is 0 Å². The van der Waals surface area contributed by atoms with Gasteiger partial charge in [-0.25, -0.2) is 0 Å². The van der Waals surface area contributed by atoms with Gasteiger partial charge in [0.2, 0.25) is 0 Å². The van der Waals surface area contributed by atoms with Gasteiger partial charge in [0.1, 0.15) is 0 Å². The van der Waals surface area contributed by atoms with E-state index in [0.29, 0.717) is 6.54 Å². The summed E-state index contributed by atoms with van der Waals surface area (Å²) in [5, 5.41) is 0. The molecule has 0 saturated heterocycles. The lowest BCUT2D eigenvalue weighted by atomic mass is 9.67.